The number of anilines is 3. The Morgan fingerprint density at radius 2 is 1.70 bits per heavy atom. The molecule has 1 aromatic heterocycles. The van der Waals surface area contributed by atoms with Crippen LogP contribution in [0.2, 0.25) is 5.28 Å². The summed E-state index contributed by atoms with van der Waals surface area (Å²) in [6.45, 7) is 7.02. The first-order valence-electron chi connectivity index (χ1n) is 6.61. The van der Waals surface area contributed by atoms with Gasteiger partial charge in [-0.1, -0.05) is 26.0 Å². The van der Waals surface area contributed by atoms with Crippen LogP contribution in [0.5, 0.6) is 0 Å². The minimum absolute atomic E-state index is 0.164. The first-order valence-corrected chi connectivity index (χ1v) is 6.98. The molecule has 0 saturated carbocycles. The number of hydrogen-bond donors (Lipinski definition) is 2. The fourth-order valence-corrected chi connectivity index (χ4v) is 1.88. The zero-order valence-electron chi connectivity index (χ0n) is 11.8. The highest BCUT2D eigenvalue weighted by Crippen LogP contribution is 2.20. The molecule has 6 heteroatoms. The van der Waals surface area contributed by atoms with Gasteiger partial charge in [0.15, 0.2) is 0 Å². The summed E-state index contributed by atoms with van der Waals surface area (Å²) in [5, 5.41) is 6.30. The molecule has 0 fully saturated rings. The molecular formula is C14H18ClN5. The molecule has 5 nitrogen and oxygen atoms in total. The van der Waals surface area contributed by atoms with E-state index >= 15 is 0 Å². The topological polar surface area (TPSA) is 62.7 Å². The Balaban J connectivity index is 2.16. The number of nitrogens with one attached hydrogen (secondary N) is 2. The van der Waals surface area contributed by atoms with Crippen molar-refractivity contribution < 1.29 is 0 Å². The number of aromatic nitrogens is 3. The molecule has 0 aliphatic heterocycles. The summed E-state index contributed by atoms with van der Waals surface area (Å²) in [7, 11) is 0. The normalized spacial score (nSPS) is 10.7. The molecule has 0 saturated heterocycles. The van der Waals surface area contributed by atoms with E-state index < -0.39 is 0 Å². The lowest BCUT2D eigenvalue weighted by molar-refractivity contribution is 0.867. The van der Waals surface area contributed by atoms with Crippen molar-refractivity contribution in [2.45, 2.75) is 26.7 Å². The molecular weight excluding hydrogens is 274 g/mol. The molecule has 20 heavy (non-hydrogen) atoms. The van der Waals surface area contributed by atoms with E-state index in [1.807, 2.05) is 19.1 Å². The summed E-state index contributed by atoms with van der Waals surface area (Å²) in [5.41, 5.74) is 2.21. The second-order valence-corrected chi connectivity index (χ2v) is 5.02. The molecule has 2 rings (SSSR count). The Morgan fingerprint density at radius 3 is 2.30 bits per heavy atom. The lowest BCUT2D eigenvalue weighted by atomic mass is 10.0. The van der Waals surface area contributed by atoms with Crippen LogP contribution < -0.4 is 10.6 Å². The van der Waals surface area contributed by atoms with Gasteiger partial charge in [0.2, 0.25) is 17.2 Å². The number of benzene rings is 1. The van der Waals surface area contributed by atoms with E-state index in [-0.39, 0.29) is 5.28 Å². The Bertz CT molecular complexity index is 568. The highest BCUT2D eigenvalue weighted by molar-refractivity contribution is 6.28. The summed E-state index contributed by atoms with van der Waals surface area (Å²) in [6, 6.07) is 8.17. The second-order valence-electron chi connectivity index (χ2n) is 4.68. The van der Waals surface area contributed by atoms with Crippen LogP contribution in [0.1, 0.15) is 32.3 Å². The molecule has 2 aromatic rings. The molecule has 0 bridgehead atoms. The maximum atomic E-state index is 5.88. The van der Waals surface area contributed by atoms with Gasteiger partial charge < -0.3 is 10.6 Å². The largest absolute Gasteiger partial charge is 0.354 e. The summed E-state index contributed by atoms with van der Waals surface area (Å²) >= 11 is 5.88. The van der Waals surface area contributed by atoms with Gasteiger partial charge in [0.05, 0.1) is 0 Å². The summed E-state index contributed by atoms with van der Waals surface area (Å²) < 4.78 is 0. The molecule has 0 unspecified atom stereocenters. The third-order valence-electron chi connectivity index (χ3n) is 2.78. The Kier molecular flexibility index (Phi) is 4.74. The van der Waals surface area contributed by atoms with Gasteiger partial charge >= 0.3 is 0 Å². The molecule has 0 radical (unpaired) electrons. The lowest BCUT2D eigenvalue weighted by Gasteiger charge is -2.09. The SMILES string of the molecule is CCNc1nc(Cl)nc(Nc2ccc(C(C)C)cc2)n1. The lowest BCUT2D eigenvalue weighted by Crippen LogP contribution is -2.06. The van der Waals surface area contributed by atoms with Crippen LogP contribution in [0.25, 0.3) is 0 Å². The van der Waals surface area contributed by atoms with Crippen molar-refractivity contribution in [3.8, 4) is 0 Å². The Morgan fingerprint density at radius 1 is 1.05 bits per heavy atom. The van der Waals surface area contributed by atoms with E-state index in [9.17, 15) is 0 Å². The van der Waals surface area contributed by atoms with E-state index in [2.05, 4.69) is 51.6 Å². The molecule has 0 atom stereocenters. The molecule has 0 spiro atoms. The van der Waals surface area contributed by atoms with Gasteiger partial charge in [-0.25, -0.2) is 0 Å². The van der Waals surface area contributed by atoms with Gasteiger partial charge in [0, 0.05) is 12.2 Å². The van der Waals surface area contributed by atoms with Crippen LogP contribution in [0.15, 0.2) is 24.3 Å². The first kappa shape index (κ1) is 14.5. The molecule has 0 aliphatic carbocycles. The van der Waals surface area contributed by atoms with Gasteiger partial charge in [-0.3, -0.25) is 0 Å². The van der Waals surface area contributed by atoms with Gasteiger partial charge in [0.1, 0.15) is 0 Å². The van der Waals surface area contributed by atoms with E-state index in [4.69, 9.17) is 11.6 Å². The smallest absolute Gasteiger partial charge is 0.233 e. The predicted molar refractivity (Wildman–Crippen MR) is 82.8 cm³/mol. The predicted octanol–water partition coefficient (Wildman–Crippen LogP) is 3.82. The van der Waals surface area contributed by atoms with E-state index in [0.717, 1.165) is 12.2 Å². The van der Waals surface area contributed by atoms with Crippen LogP contribution >= 0.6 is 11.6 Å². The van der Waals surface area contributed by atoms with Crippen molar-refractivity contribution in [2.75, 3.05) is 17.2 Å². The quantitative estimate of drug-likeness (QED) is 0.877. The van der Waals surface area contributed by atoms with E-state index in [1.54, 1.807) is 0 Å². The summed E-state index contributed by atoms with van der Waals surface area (Å²) in [4.78, 5) is 12.3. The minimum Gasteiger partial charge on any atom is -0.354 e. The van der Waals surface area contributed by atoms with Crippen LogP contribution in [-0.2, 0) is 0 Å². The molecule has 0 aliphatic rings. The van der Waals surface area contributed by atoms with Crippen molar-refractivity contribution >= 4 is 29.2 Å². The van der Waals surface area contributed by atoms with Gasteiger partial charge in [-0.05, 0) is 42.1 Å². The summed E-state index contributed by atoms with van der Waals surface area (Å²) in [6.07, 6.45) is 0. The zero-order valence-corrected chi connectivity index (χ0v) is 12.6. The fourth-order valence-electron chi connectivity index (χ4n) is 1.72. The minimum atomic E-state index is 0.164. The van der Waals surface area contributed by atoms with Gasteiger partial charge in [-0.15, -0.1) is 0 Å². The average molecular weight is 292 g/mol. The zero-order chi connectivity index (χ0) is 14.5. The maximum absolute atomic E-state index is 5.88. The molecule has 2 N–H and O–H groups in total. The first-order chi connectivity index (χ1) is 9.58. The third-order valence-corrected chi connectivity index (χ3v) is 2.95. The van der Waals surface area contributed by atoms with Crippen LogP contribution in [-0.4, -0.2) is 21.5 Å². The van der Waals surface area contributed by atoms with Crippen LogP contribution in [0, 0.1) is 0 Å². The second kappa shape index (κ2) is 6.52. The number of hydrogen-bond acceptors (Lipinski definition) is 5. The van der Waals surface area contributed by atoms with E-state index in [1.165, 1.54) is 5.56 Å². The van der Waals surface area contributed by atoms with Gasteiger partial charge in [-0.2, -0.15) is 15.0 Å². The molecule has 0 amide bonds. The Labute approximate surface area is 123 Å². The highest BCUT2D eigenvalue weighted by atomic mass is 35.5. The highest BCUT2D eigenvalue weighted by Gasteiger charge is 2.05. The number of nitrogens with zero attached hydrogens (tertiary/aromatic N) is 3. The van der Waals surface area contributed by atoms with Crippen molar-refractivity contribution in [1.82, 2.24) is 15.0 Å². The average Bonchev–Trinajstić information content (AvgIpc) is 2.39. The van der Waals surface area contributed by atoms with Crippen molar-refractivity contribution in [1.29, 1.82) is 0 Å². The van der Waals surface area contributed by atoms with Crippen molar-refractivity contribution in [2.24, 2.45) is 0 Å². The Hall–Kier alpha value is -1.88. The van der Waals surface area contributed by atoms with Crippen LogP contribution in [0.4, 0.5) is 17.6 Å². The standard InChI is InChI=1S/C14H18ClN5/c1-4-16-13-18-12(15)19-14(20-13)17-11-7-5-10(6-8-11)9(2)3/h5-9H,4H2,1-3H3,(H2,16,17,18,19,20). The third kappa shape index (κ3) is 3.81. The fraction of sp³-hybridized carbons (Fsp3) is 0.357. The van der Waals surface area contributed by atoms with Crippen molar-refractivity contribution in [3.05, 3.63) is 35.1 Å². The number of halogens is 1. The molecule has 1 aromatic carbocycles. The monoisotopic (exact) mass is 291 g/mol. The number of rotatable bonds is 5. The summed E-state index contributed by atoms with van der Waals surface area (Å²) in [5.74, 6) is 1.41. The van der Waals surface area contributed by atoms with Gasteiger partial charge in [0.25, 0.3) is 0 Å². The molecule has 1 heterocycles. The maximum Gasteiger partial charge on any atom is 0.233 e. The van der Waals surface area contributed by atoms with Crippen LogP contribution in [0.3, 0.4) is 0 Å². The van der Waals surface area contributed by atoms with Crippen molar-refractivity contribution in [3.63, 3.8) is 0 Å². The van der Waals surface area contributed by atoms with E-state index in [0.29, 0.717) is 17.8 Å². The molecule has 106 valence electrons.